The summed E-state index contributed by atoms with van der Waals surface area (Å²) in [5, 5.41) is 0. The van der Waals surface area contributed by atoms with E-state index in [9.17, 15) is 0 Å². The van der Waals surface area contributed by atoms with Gasteiger partial charge in [0.2, 0.25) is 0 Å². The van der Waals surface area contributed by atoms with Gasteiger partial charge in [-0.1, -0.05) is 45.9 Å². The molecular formula is C17H26O2Si2. The minimum atomic E-state index is -1.82. The monoisotopic (exact) mass is 318 g/mol. The molecule has 1 aromatic rings. The van der Waals surface area contributed by atoms with Gasteiger partial charge < -0.3 is 8.85 Å². The van der Waals surface area contributed by atoms with Gasteiger partial charge in [0, 0.05) is 5.56 Å². The van der Waals surface area contributed by atoms with E-state index in [2.05, 4.69) is 52.0 Å². The first-order chi connectivity index (χ1) is 10.1. The molecule has 3 rings (SSSR count). The molecule has 1 aromatic carbocycles. The second-order valence-corrected chi connectivity index (χ2v) is 18.9. The molecule has 1 heterocycles. The maximum atomic E-state index is 6.89. The van der Waals surface area contributed by atoms with E-state index < -0.39 is 15.7 Å². The van der Waals surface area contributed by atoms with Gasteiger partial charge in [0.25, 0.3) is 15.7 Å². The van der Waals surface area contributed by atoms with Crippen LogP contribution in [0.1, 0.15) is 38.8 Å². The molecule has 0 saturated carbocycles. The van der Waals surface area contributed by atoms with E-state index in [1.165, 1.54) is 35.3 Å². The smallest absolute Gasteiger partial charge is 0.280 e. The Hall–Kier alpha value is -1.01. The highest BCUT2D eigenvalue weighted by Crippen LogP contribution is 2.48. The van der Waals surface area contributed by atoms with Crippen molar-refractivity contribution in [3.63, 3.8) is 0 Å². The summed E-state index contributed by atoms with van der Waals surface area (Å²) in [6.07, 6.45) is 5.43. The fourth-order valence-corrected chi connectivity index (χ4v) is 19.4. The second kappa shape index (κ2) is 5.32. The Bertz CT molecular complexity index is 572. The molecule has 1 aliphatic heterocycles. The van der Waals surface area contributed by atoms with Crippen LogP contribution >= 0.6 is 0 Å². The van der Waals surface area contributed by atoms with Crippen LogP contribution in [0.5, 0.6) is 11.5 Å². The van der Waals surface area contributed by atoms with Crippen LogP contribution in [0.25, 0.3) is 6.08 Å². The summed E-state index contributed by atoms with van der Waals surface area (Å²) in [5.41, 5.74) is 2.66. The van der Waals surface area contributed by atoms with Crippen molar-refractivity contribution in [3.05, 3.63) is 29.3 Å². The Labute approximate surface area is 130 Å². The standard InChI is InChI=1S/C17H26O2Si2/c1-5-20(6-2)18-16-13-12-14-10-9-11-15(14)17(16)19-21(20,7-3)8-4/h9-10,12-13H,5-8,11H2,1-4H3. The Balaban J connectivity index is 2.14. The molecule has 0 fully saturated rings. The highest BCUT2D eigenvalue weighted by atomic mass is 29.3. The highest BCUT2D eigenvalue weighted by Gasteiger charge is 2.60. The van der Waals surface area contributed by atoms with Crippen LogP contribution in [0, 0.1) is 0 Å². The van der Waals surface area contributed by atoms with Crippen molar-refractivity contribution in [2.75, 3.05) is 0 Å². The zero-order valence-corrected chi connectivity index (χ0v) is 15.7. The van der Waals surface area contributed by atoms with Crippen molar-refractivity contribution < 1.29 is 8.85 Å². The fourth-order valence-electron chi connectivity index (χ4n) is 4.15. The van der Waals surface area contributed by atoms with Gasteiger partial charge in [-0.2, -0.15) is 0 Å². The predicted molar refractivity (Wildman–Crippen MR) is 93.9 cm³/mol. The van der Waals surface area contributed by atoms with Crippen LogP contribution < -0.4 is 8.85 Å². The van der Waals surface area contributed by atoms with Crippen molar-refractivity contribution in [1.82, 2.24) is 0 Å². The van der Waals surface area contributed by atoms with E-state index in [0.29, 0.717) is 0 Å². The van der Waals surface area contributed by atoms with Crippen LogP contribution in [-0.2, 0) is 6.42 Å². The predicted octanol–water partition coefficient (Wildman–Crippen LogP) is 5.08. The van der Waals surface area contributed by atoms with E-state index in [0.717, 1.165) is 17.9 Å². The van der Waals surface area contributed by atoms with Crippen LogP contribution in [0.4, 0.5) is 0 Å². The summed E-state index contributed by atoms with van der Waals surface area (Å²) in [5.74, 6) is 2.11. The summed E-state index contributed by atoms with van der Waals surface area (Å²) in [7, 11) is -3.61. The third-order valence-electron chi connectivity index (χ3n) is 5.60. The molecule has 0 aromatic heterocycles. The minimum absolute atomic E-state index is 0.993. The van der Waals surface area contributed by atoms with Crippen LogP contribution in [0.2, 0.25) is 24.2 Å². The van der Waals surface area contributed by atoms with Gasteiger partial charge in [-0.15, -0.1) is 0 Å². The summed E-state index contributed by atoms with van der Waals surface area (Å²) in [6, 6.07) is 9.03. The molecule has 0 radical (unpaired) electrons. The number of hydrogen-bond acceptors (Lipinski definition) is 2. The van der Waals surface area contributed by atoms with E-state index in [4.69, 9.17) is 8.85 Å². The SMILES string of the molecule is CC[Si]1(CC)Oc2ccc3c(c2O[Si]1(CC)CC)CC=C3. The van der Waals surface area contributed by atoms with Gasteiger partial charge in [-0.05, 0) is 42.2 Å². The molecule has 1 aliphatic carbocycles. The largest absolute Gasteiger partial charge is 0.540 e. The molecule has 0 spiro atoms. The van der Waals surface area contributed by atoms with Crippen molar-refractivity contribution in [1.29, 1.82) is 0 Å². The number of hydrogen-bond donors (Lipinski definition) is 0. The molecule has 21 heavy (non-hydrogen) atoms. The van der Waals surface area contributed by atoms with Gasteiger partial charge in [-0.3, -0.25) is 0 Å². The quantitative estimate of drug-likeness (QED) is 0.721. The lowest BCUT2D eigenvalue weighted by molar-refractivity contribution is 0.438. The molecule has 2 aliphatic rings. The molecule has 0 bridgehead atoms. The Morgan fingerprint density at radius 2 is 1.52 bits per heavy atom. The average molecular weight is 319 g/mol. The Morgan fingerprint density at radius 3 is 2.14 bits per heavy atom. The van der Waals surface area contributed by atoms with Crippen LogP contribution in [0.3, 0.4) is 0 Å². The molecule has 0 saturated heterocycles. The van der Waals surface area contributed by atoms with Crippen molar-refractivity contribution >= 4 is 21.7 Å². The van der Waals surface area contributed by atoms with Gasteiger partial charge in [0.15, 0.2) is 0 Å². The molecule has 2 nitrogen and oxygen atoms in total. The number of rotatable bonds is 4. The maximum Gasteiger partial charge on any atom is 0.280 e. The number of fused-ring (bicyclic) bond motifs is 3. The number of benzene rings is 1. The average Bonchev–Trinajstić information content (AvgIpc) is 3.02. The fraction of sp³-hybridized carbons (Fsp3) is 0.529. The van der Waals surface area contributed by atoms with Crippen LogP contribution in [-0.4, -0.2) is 15.7 Å². The van der Waals surface area contributed by atoms with E-state index >= 15 is 0 Å². The first kappa shape index (κ1) is 14.9. The van der Waals surface area contributed by atoms with Gasteiger partial charge >= 0.3 is 0 Å². The lowest BCUT2D eigenvalue weighted by Gasteiger charge is -2.49. The first-order valence-electron chi connectivity index (χ1n) is 8.35. The molecule has 0 amide bonds. The normalized spacial score (nSPS) is 20.4. The second-order valence-electron chi connectivity index (χ2n) is 6.17. The summed E-state index contributed by atoms with van der Waals surface area (Å²) >= 11 is 0. The Morgan fingerprint density at radius 1 is 0.905 bits per heavy atom. The minimum Gasteiger partial charge on any atom is -0.540 e. The topological polar surface area (TPSA) is 18.5 Å². The third kappa shape index (κ3) is 1.95. The third-order valence-corrected chi connectivity index (χ3v) is 22.9. The molecule has 0 atom stereocenters. The Kier molecular flexibility index (Phi) is 3.78. The van der Waals surface area contributed by atoms with Gasteiger partial charge in [0.05, 0.1) is 0 Å². The lowest BCUT2D eigenvalue weighted by Crippen LogP contribution is -2.71. The van der Waals surface area contributed by atoms with E-state index in [1.807, 2.05) is 0 Å². The van der Waals surface area contributed by atoms with E-state index in [1.54, 1.807) is 0 Å². The van der Waals surface area contributed by atoms with Gasteiger partial charge in [-0.25, -0.2) is 0 Å². The lowest BCUT2D eigenvalue weighted by atomic mass is 10.1. The maximum absolute atomic E-state index is 6.89. The zero-order valence-electron chi connectivity index (χ0n) is 13.7. The molecular weight excluding hydrogens is 292 g/mol. The zero-order chi connectivity index (χ0) is 15.1. The van der Waals surface area contributed by atoms with Crippen molar-refractivity contribution in [2.45, 2.75) is 58.3 Å². The van der Waals surface area contributed by atoms with Crippen molar-refractivity contribution in [3.8, 4) is 11.5 Å². The molecule has 0 unspecified atom stereocenters. The summed E-state index contributed by atoms with van der Waals surface area (Å²) in [6.45, 7) is 9.26. The van der Waals surface area contributed by atoms with E-state index in [-0.39, 0.29) is 0 Å². The van der Waals surface area contributed by atoms with Crippen LogP contribution in [0.15, 0.2) is 18.2 Å². The van der Waals surface area contributed by atoms with Crippen molar-refractivity contribution in [2.24, 2.45) is 0 Å². The number of allylic oxidation sites excluding steroid dienone is 1. The highest BCUT2D eigenvalue weighted by molar-refractivity contribution is 7.38. The van der Waals surface area contributed by atoms with Gasteiger partial charge in [0.1, 0.15) is 11.5 Å². The molecule has 114 valence electrons. The molecule has 4 heteroatoms. The first-order valence-corrected chi connectivity index (χ1v) is 14.0. The molecule has 0 N–H and O–H groups in total. The summed E-state index contributed by atoms with van der Waals surface area (Å²) < 4.78 is 13.7. The summed E-state index contributed by atoms with van der Waals surface area (Å²) in [4.78, 5) is 0.